The van der Waals surface area contributed by atoms with Crippen LogP contribution in [-0.4, -0.2) is 39.5 Å². The Morgan fingerprint density at radius 1 is 1.04 bits per heavy atom. The maximum atomic E-state index is 12.7. The summed E-state index contributed by atoms with van der Waals surface area (Å²) in [5.41, 5.74) is 5.35. The molecule has 2 aromatic rings. The van der Waals surface area contributed by atoms with Crippen LogP contribution in [0.5, 0.6) is 0 Å². The van der Waals surface area contributed by atoms with Crippen molar-refractivity contribution in [3.8, 4) is 0 Å². The van der Waals surface area contributed by atoms with E-state index in [9.17, 15) is 22.8 Å². The van der Waals surface area contributed by atoms with E-state index in [-0.39, 0.29) is 10.5 Å². The molecule has 0 spiro atoms. The van der Waals surface area contributed by atoms with Gasteiger partial charge in [-0.15, -0.1) is 0 Å². The van der Waals surface area contributed by atoms with Crippen LogP contribution in [0.2, 0.25) is 0 Å². The van der Waals surface area contributed by atoms with E-state index >= 15 is 0 Å². The number of carbonyl (C=O) groups is 3. The Bertz CT molecular complexity index is 974. The van der Waals surface area contributed by atoms with Crippen LogP contribution < -0.4 is 15.4 Å². The Morgan fingerprint density at radius 3 is 2.14 bits per heavy atom. The zero-order valence-electron chi connectivity index (χ0n) is 15.2. The molecular weight excluding hydrogens is 386 g/mol. The van der Waals surface area contributed by atoms with Gasteiger partial charge in [-0.3, -0.25) is 14.4 Å². The predicted octanol–water partition coefficient (Wildman–Crippen LogP) is 1.25. The molecule has 9 nitrogen and oxygen atoms in total. The number of sulfonamides is 1. The van der Waals surface area contributed by atoms with E-state index in [1.807, 2.05) is 0 Å². The highest BCUT2D eigenvalue weighted by Crippen LogP contribution is 2.22. The number of amides is 3. The number of carbonyl (C=O) groups excluding carboxylic acids is 3. The number of primary amides is 1. The number of urea groups is 1. The fourth-order valence-corrected chi connectivity index (χ4v) is 3.40. The van der Waals surface area contributed by atoms with Crippen molar-refractivity contribution in [3.05, 3.63) is 60.2 Å². The van der Waals surface area contributed by atoms with Gasteiger partial charge in [-0.2, -0.15) is 0 Å². The van der Waals surface area contributed by atoms with Crippen molar-refractivity contribution >= 4 is 33.6 Å². The molecule has 0 bridgehead atoms. The number of anilines is 1. The third kappa shape index (κ3) is 4.86. The zero-order chi connectivity index (χ0) is 20.9. The van der Waals surface area contributed by atoms with Crippen molar-refractivity contribution in [3.63, 3.8) is 0 Å². The van der Waals surface area contributed by atoms with Crippen LogP contribution in [0.25, 0.3) is 0 Å². The topological polar surface area (TPSA) is 136 Å². The molecule has 3 N–H and O–H groups in total. The fraction of sp³-hybridized carbons (Fsp3) is 0.167. The average Bonchev–Trinajstić information content (AvgIpc) is 2.67. The highest BCUT2D eigenvalue weighted by molar-refractivity contribution is 7.92. The van der Waals surface area contributed by atoms with Crippen molar-refractivity contribution in [1.82, 2.24) is 5.32 Å². The fourth-order valence-electron chi connectivity index (χ4n) is 2.20. The lowest BCUT2D eigenvalue weighted by Crippen LogP contribution is -2.42. The number of hydrogen-bond donors (Lipinski definition) is 2. The molecule has 148 valence electrons. The molecule has 28 heavy (non-hydrogen) atoms. The number of ether oxygens (including phenoxy) is 1. The first-order valence-corrected chi connectivity index (χ1v) is 9.52. The molecule has 0 saturated heterocycles. The molecule has 0 aliphatic rings. The highest BCUT2D eigenvalue weighted by atomic mass is 32.2. The minimum Gasteiger partial charge on any atom is -0.449 e. The van der Waals surface area contributed by atoms with Crippen molar-refractivity contribution in [2.24, 2.45) is 5.73 Å². The van der Waals surface area contributed by atoms with E-state index < -0.39 is 34.0 Å². The van der Waals surface area contributed by atoms with Gasteiger partial charge in [-0.05, 0) is 43.3 Å². The van der Waals surface area contributed by atoms with Gasteiger partial charge in [0.1, 0.15) is 0 Å². The van der Waals surface area contributed by atoms with Gasteiger partial charge in [-0.25, -0.2) is 18.0 Å². The molecule has 0 fully saturated rings. The van der Waals surface area contributed by atoms with Crippen LogP contribution in [0.15, 0.2) is 59.5 Å². The Hall–Kier alpha value is -3.40. The second-order valence-corrected chi connectivity index (χ2v) is 7.70. The number of esters is 1. The molecular formula is C18H19N3O6S. The summed E-state index contributed by atoms with van der Waals surface area (Å²) < 4.78 is 31.4. The first-order chi connectivity index (χ1) is 13.1. The lowest BCUT2D eigenvalue weighted by molar-refractivity contribution is -0.127. The van der Waals surface area contributed by atoms with Gasteiger partial charge in [-0.1, -0.05) is 18.2 Å². The van der Waals surface area contributed by atoms with Crippen LogP contribution >= 0.6 is 0 Å². The average molecular weight is 405 g/mol. The standard InChI is InChI=1S/C18H19N3O6S/c1-12(16(22)20-18(19)24)27-17(23)13-8-10-15(11-9-13)28(25,26)21(2)14-6-4-3-5-7-14/h3-12H,1-2H3,(H3,19,20,22,24). The molecule has 0 radical (unpaired) electrons. The SMILES string of the molecule is CC(OC(=O)c1ccc(S(=O)(=O)N(C)c2ccccc2)cc1)C(=O)NC(N)=O. The van der Waals surface area contributed by atoms with Crippen molar-refractivity contribution in [2.45, 2.75) is 17.9 Å². The first kappa shape index (κ1) is 20.9. The molecule has 3 amide bonds. The van der Waals surface area contributed by atoms with Crippen molar-refractivity contribution < 1.29 is 27.5 Å². The third-order valence-electron chi connectivity index (χ3n) is 3.77. The predicted molar refractivity (Wildman–Crippen MR) is 101 cm³/mol. The molecule has 1 atom stereocenters. The highest BCUT2D eigenvalue weighted by Gasteiger charge is 2.23. The molecule has 0 aromatic heterocycles. The molecule has 0 aliphatic heterocycles. The minimum absolute atomic E-state index is 0.0186. The minimum atomic E-state index is -3.82. The maximum Gasteiger partial charge on any atom is 0.338 e. The van der Waals surface area contributed by atoms with Crippen LogP contribution in [-0.2, 0) is 19.6 Å². The number of nitrogens with zero attached hydrogens (tertiary/aromatic N) is 1. The quantitative estimate of drug-likeness (QED) is 0.694. The van der Waals surface area contributed by atoms with Crippen LogP contribution in [0, 0.1) is 0 Å². The smallest absolute Gasteiger partial charge is 0.338 e. The Balaban J connectivity index is 2.13. The van der Waals surface area contributed by atoms with Gasteiger partial charge in [0.25, 0.3) is 15.9 Å². The molecule has 0 saturated carbocycles. The zero-order valence-corrected chi connectivity index (χ0v) is 16.0. The van der Waals surface area contributed by atoms with Gasteiger partial charge in [0, 0.05) is 7.05 Å². The van der Waals surface area contributed by atoms with E-state index in [0.29, 0.717) is 5.69 Å². The Morgan fingerprint density at radius 2 is 1.61 bits per heavy atom. The summed E-state index contributed by atoms with van der Waals surface area (Å²) >= 11 is 0. The monoisotopic (exact) mass is 405 g/mol. The van der Waals surface area contributed by atoms with Crippen LogP contribution in [0.1, 0.15) is 17.3 Å². The van der Waals surface area contributed by atoms with E-state index in [2.05, 4.69) is 0 Å². The summed E-state index contributed by atoms with van der Waals surface area (Å²) in [6, 6.07) is 12.5. The lowest BCUT2D eigenvalue weighted by atomic mass is 10.2. The first-order valence-electron chi connectivity index (χ1n) is 8.08. The van der Waals surface area contributed by atoms with E-state index in [4.69, 9.17) is 10.5 Å². The van der Waals surface area contributed by atoms with Crippen LogP contribution in [0.4, 0.5) is 10.5 Å². The Labute approximate surface area is 162 Å². The largest absolute Gasteiger partial charge is 0.449 e. The Kier molecular flexibility index (Phi) is 6.37. The summed E-state index contributed by atoms with van der Waals surface area (Å²) in [4.78, 5) is 34.3. The number of benzene rings is 2. The number of imide groups is 1. The number of para-hydroxylation sites is 1. The second-order valence-electron chi connectivity index (χ2n) is 5.73. The summed E-state index contributed by atoms with van der Waals surface area (Å²) in [5, 5.41) is 1.79. The van der Waals surface area contributed by atoms with Crippen molar-refractivity contribution in [1.29, 1.82) is 0 Å². The maximum absolute atomic E-state index is 12.7. The van der Waals surface area contributed by atoms with Crippen LogP contribution in [0.3, 0.4) is 0 Å². The molecule has 2 aromatic carbocycles. The second kappa shape index (κ2) is 8.53. The van der Waals surface area contributed by atoms with E-state index in [1.54, 1.807) is 35.6 Å². The van der Waals surface area contributed by atoms with E-state index in [1.165, 1.54) is 38.2 Å². The normalized spacial score (nSPS) is 11.9. The van der Waals surface area contributed by atoms with Crippen molar-refractivity contribution in [2.75, 3.05) is 11.4 Å². The van der Waals surface area contributed by atoms with Gasteiger partial charge >= 0.3 is 12.0 Å². The molecule has 0 aliphatic carbocycles. The molecule has 2 rings (SSSR count). The summed E-state index contributed by atoms with van der Waals surface area (Å²) in [5.74, 6) is -1.72. The van der Waals surface area contributed by atoms with Gasteiger partial charge in [0.2, 0.25) is 0 Å². The van der Waals surface area contributed by atoms with Gasteiger partial charge < -0.3 is 10.5 Å². The van der Waals surface area contributed by atoms with Gasteiger partial charge in [0.15, 0.2) is 6.10 Å². The molecule has 10 heteroatoms. The number of nitrogens with one attached hydrogen (secondary N) is 1. The summed E-state index contributed by atoms with van der Waals surface area (Å²) in [6.45, 7) is 1.27. The number of rotatable bonds is 6. The lowest BCUT2D eigenvalue weighted by Gasteiger charge is -2.19. The molecule has 1 unspecified atom stereocenters. The summed E-state index contributed by atoms with van der Waals surface area (Å²) in [6.07, 6.45) is -1.26. The number of hydrogen-bond acceptors (Lipinski definition) is 6. The number of nitrogens with two attached hydrogens (primary N) is 1. The molecule has 0 heterocycles. The third-order valence-corrected chi connectivity index (χ3v) is 5.57. The van der Waals surface area contributed by atoms with Gasteiger partial charge in [0.05, 0.1) is 16.1 Å². The van der Waals surface area contributed by atoms with E-state index in [0.717, 1.165) is 4.31 Å². The summed E-state index contributed by atoms with van der Waals surface area (Å²) in [7, 11) is -2.40.